The van der Waals surface area contributed by atoms with E-state index in [-0.39, 0.29) is 11.8 Å². The Balaban J connectivity index is 1.81. The van der Waals surface area contributed by atoms with E-state index in [9.17, 15) is 5.11 Å². The molecular weight excluding hydrogens is 438 g/mol. The van der Waals surface area contributed by atoms with Crippen LogP contribution in [0.25, 0.3) is 0 Å². The fourth-order valence-corrected chi connectivity index (χ4v) is 10.4. The van der Waals surface area contributed by atoms with Gasteiger partial charge in [-0.15, -0.1) is 0 Å². The van der Waals surface area contributed by atoms with Gasteiger partial charge in [0.25, 0.3) is 0 Å². The maximum atomic E-state index is 11.6. The van der Waals surface area contributed by atoms with Crippen LogP contribution in [0.4, 0.5) is 0 Å². The molecule has 0 aliphatic heterocycles. The Morgan fingerprint density at radius 1 is 0.576 bits per heavy atom. The Labute approximate surface area is 201 Å². The summed E-state index contributed by atoms with van der Waals surface area (Å²) in [6, 6.07) is 43.5. The molecule has 4 aromatic carbocycles. The zero-order valence-corrected chi connectivity index (χ0v) is 21.0. The van der Waals surface area contributed by atoms with Crippen molar-refractivity contribution in [2.45, 2.75) is 31.5 Å². The van der Waals surface area contributed by atoms with E-state index < -0.39 is 15.8 Å². The van der Waals surface area contributed by atoms with Gasteiger partial charge in [-0.2, -0.15) is 0 Å². The Morgan fingerprint density at radius 3 is 1.30 bits per heavy atom. The highest BCUT2D eigenvalue weighted by Crippen LogP contribution is 2.48. The van der Waals surface area contributed by atoms with Crippen LogP contribution in [-0.4, -0.2) is 23.0 Å². The Bertz CT molecular complexity index is 992. The standard InChI is InChI=1S/C30H32OP2/c1-2-15-29(31)30(33(27-20-11-5-12-21-27)28-22-13-6-14-23-28)24-32(25-16-7-3-8-17-25)26-18-9-4-10-19-26/h3-14,16-23,29-31H,2,15,24H2,1H3. The van der Waals surface area contributed by atoms with Crippen LogP contribution < -0.4 is 21.2 Å². The summed E-state index contributed by atoms with van der Waals surface area (Å²) in [5.41, 5.74) is 0.177. The lowest BCUT2D eigenvalue weighted by Gasteiger charge is -2.35. The molecule has 0 radical (unpaired) electrons. The predicted octanol–water partition coefficient (Wildman–Crippen LogP) is 5.78. The molecule has 0 fully saturated rings. The van der Waals surface area contributed by atoms with Gasteiger partial charge in [0.05, 0.1) is 6.10 Å². The smallest absolute Gasteiger partial charge is 0.0617 e. The zero-order valence-electron chi connectivity index (χ0n) is 19.2. The predicted molar refractivity (Wildman–Crippen MR) is 148 cm³/mol. The molecule has 4 aromatic rings. The molecule has 4 rings (SSSR count). The number of hydrogen-bond acceptors (Lipinski definition) is 1. The summed E-state index contributed by atoms with van der Waals surface area (Å²) in [5.74, 6) is 0. The average Bonchev–Trinajstić information content (AvgIpc) is 2.89. The van der Waals surface area contributed by atoms with E-state index in [4.69, 9.17) is 0 Å². The molecule has 0 saturated carbocycles. The lowest BCUT2D eigenvalue weighted by atomic mass is 10.1. The highest BCUT2D eigenvalue weighted by atomic mass is 31.1. The van der Waals surface area contributed by atoms with Gasteiger partial charge in [-0.1, -0.05) is 135 Å². The third-order valence-corrected chi connectivity index (χ3v) is 11.7. The van der Waals surface area contributed by atoms with Crippen molar-refractivity contribution in [2.75, 3.05) is 6.16 Å². The zero-order chi connectivity index (χ0) is 22.9. The molecule has 0 aliphatic rings. The minimum Gasteiger partial charge on any atom is -0.392 e. The van der Waals surface area contributed by atoms with E-state index in [1.54, 1.807) is 0 Å². The van der Waals surface area contributed by atoms with Crippen molar-refractivity contribution < 1.29 is 5.11 Å². The highest BCUT2D eigenvalue weighted by molar-refractivity contribution is 7.77. The van der Waals surface area contributed by atoms with Gasteiger partial charge in [0.15, 0.2) is 0 Å². The second-order valence-electron chi connectivity index (χ2n) is 8.25. The van der Waals surface area contributed by atoms with Crippen molar-refractivity contribution >= 4 is 37.1 Å². The van der Waals surface area contributed by atoms with E-state index in [1.807, 2.05) is 0 Å². The molecule has 0 bridgehead atoms. The first-order valence-corrected chi connectivity index (χ1v) is 14.7. The SMILES string of the molecule is CCCC(O)C(CP(c1ccccc1)c1ccccc1)P(c1ccccc1)c1ccccc1. The normalized spacial score (nSPS) is 13.2. The number of benzene rings is 4. The molecule has 0 spiro atoms. The molecular formula is C30H32OP2. The molecule has 0 amide bonds. The van der Waals surface area contributed by atoms with E-state index in [1.165, 1.54) is 21.2 Å². The topological polar surface area (TPSA) is 20.2 Å². The fourth-order valence-electron chi connectivity index (χ4n) is 4.34. The van der Waals surface area contributed by atoms with Gasteiger partial charge in [-0.3, -0.25) is 0 Å². The van der Waals surface area contributed by atoms with Gasteiger partial charge in [-0.25, -0.2) is 0 Å². The first kappa shape index (κ1) is 23.8. The van der Waals surface area contributed by atoms with E-state index >= 15 is 0 Å². The molecule has 0 aromatic heterocycles. The van der Waals surface area contributed by atoms with Crippen molar-refractivity contribution in [1.82, 2.24) is 0 Å². The molecule has 0 saturated heterocycles. The largest absolute Gasteiger partial charge is 0.392 e. The average molecular weight is 471 g/mol. The maximum absolute atomic E-state index is 11.6. The molecule has 1 nitrogen and oxygen atoms in total. The lowest BCUT2D eigenvalue weighted by molar-refractivity contribution is 0.165. The maximum Gasteiger partial charge on any atom is 0.0617 e. The third-order valence-electron chi connectivity index (χ3n) is 5.93. The summed E-state index contributed by atoms with van der Waals surface area (Å²) in [7, 11) is -1.30. The Morgan fingerprint density at radius 2 is 0.939 bits per heavy atom. The van der Waals surface area contributed by atoms with Crippen molar-refractivity contribution in [1.29, 1.82) is 0 Å². The first-order chi connectivity index (χ1) is 16.3. The molecule has 0 aliphatic carbocycles. The van der Waals surface area contributed by atoms with Gasteiger partial charge in [0.2, 0.25) is 0 Å². The number of hydrogen-bond donors (Lipinski definition) is 1. The van der Waals surface area contributed by atoms with Gasteiger partial charge in [0.1, 0.15) is 0 Å². The van der Waals surface area contributed by atoms with Crippen LogP contribution in [0.5, 0.6) is 0 Å². The third kappa shape index (κ3) is 6.18. The minimum atomic E-state index is -0.712. The number of rotatable bonds is 10. The lowest BCUT2D eigenvalue weighted by Crippen LogP contribution is -2.36. The Hall–Kier alpha value is -2.30. The molecule has 0 heterocycles. The van der Waals surface area contributed by atoms with Crippen LogP contribution in [0, 0.1) is 0 Å². The second-order valence-corrected chi connectivity index (χ2v) is 12.9. The van der Waals surface area contributed by atoms with Crippen LogP contribution >= 0.6 is 15.8 Å². The summed E-state index contributed by atoms with van der Waals surface area (Å²) in [5, 5.41) is 17.0. The van der Waals surface area contributed by atoms with E-state index in [0.717, 1.165) is 19.0 Å². The van der Waals surface area contributed by atoms with Crippen molar-refractivity contribution in [3.63, 3.8) is 0 Å². The minimum absolute atomic E-state index is 0.177. The van der Waals surface area contributed by atoms with Crippen molar-refractivity contribution in [3.8, 4) is 0 Å². The fraction of sp³-hybridized carbons (Fsp3) is 0.200. The summed E-state index contributed by atoms with van der Waals surface area (Å²) < 4.78 is 0. The molecule has 2 atom stereocenters. The molecule has 168 valence electrons. The van der Waals surface area contributed by atoms with Crippen molar-refractivity contribution in [2.24, 2.45) is 0 Å². The van der Waals surface area contributed by atoms with E-state index in [2.05, 4.69) is 128 Å². The van der Waals surface area contributed by atoms with Gasteiger partial charge in [-0.05, 0) is 49.6 Å². The first-order valence-electron chi connectivity index (χ1n) is 11.7. The monoisotopic (exact) mass is 470 g/mol. The van der Waals surface area contributed by atoms with Gasteiger partial charge >= 0.3 is 0 Å². The molecule has 1 N–H and O–H groups in total. The summed E-state index contributed by atoms with van der Waals surface area (Å²) >= 11 is 0. The quantitative estimate of drug-likeness (QED) is 0.291. The highest BCUT2D eigenvalue weighted by Gasteiger charge is 2.33. The van der Waals surface area contributed by atoms with Gasteiger partial charge < -0.3 is 5.11 Å². The van der Waals surface area contributed by atoms with Crippen molar-refractivity contribution in [3.05, 3.63) is 121 Å². The number of aliphatic hydroxyl groups is 1. The van der Waals surface area contributed by atoms with Crippen LogP contribution in [0.2, 0.25) is 0 Å². The van der Waals surface area contributed by atoms with Crippen LogP contribution in [-0.2, 0) is 0 Å². The summed E-state index contributed by atoms with van der Waals surface area (Å²) in [6.45, 7) is 2.17. The van der Waals surface area contributed by atoms with Crippen LogP contribution in [0.3, 0.4) is 0 Å². The molecule has 3 heteroatoms. The van der Waals surface area contributed by atoms with Crippen LogP contribution in [0.15, 0.2) is 121 Å². The number of aliphatic hydroxyl groups excluding tert-OH is 1. The molecule has 33 heavy (non-hydrogen) atoms. The Kier molecular flexibility index (Phi) is 8.85. The summed E-state index contributed by atoms with van der Waals surface area (Å²) in [4.78, 5) is 0. The van der Waals surface area contributed by atoms with Gasteiger partial charge in [0, 0.05) is 5.66 Å². The van der Waals surface area contributed by atoms with Crippen LogP contribution in [0.1, 0.15) is 19.8 Å². The molecule has 2 unspecified atom stereocenters. The second kappa shape index (κ2) is 12.2. The summed E-state index contributed by atoms with van der Waals surface area (Å²) in [6.07, 6.45) is 2.45. The van der Waals surface area contributed by atoms with E-state index in [0.29, 0.717) is 0 Å².